The van der Waals surface area contributed by atoms with E-state index in [-0.39, 0.29) is 24.2 Å². The van der Waals surface area contributed by atoms with Crippen LogP contribution in [0.25, 0.3) is 0 Å². The van der Waals surface area contributed by atoms with Crippen LogP contribution in [-0.4, -0.2) is 41.8 Å². The number of ether oxygens (including phenoxy) is 2. The molecular formula is C18H24N2O4. The van der Waals surface area contributed by atoms with Gasteiger partial charge in [0.05, 0.1) is 0 Å². The van der Waals surface area contributed by atoms with Crippen LogP contribution in [0.3, 0.4) is 0 Å². The van der Waals surface area contributed by atoms with Gasteiger partial charge in [0.2, 0.25) is 0 Å². The van der Waals surface area contributed by atoms with E-state index < -0.39 is 11.7 Å². The Morgan fingerprint density at radius 2 is 1.92 bits per heavy atom. The van der Waals surface area contributed by atoms with Crippen molar-refractivity contribution in [3.63, 3.8) is 0 Å². The summed E-state index contributed by atoms with van der Waals surface area (Å²) in [5.74, 6) is 0. The van der Waals surface area contributed by atoms with Crippen LogP contribution in [0.5, 0.6) is 0 Å². The lowest BCUT2D eigenvalue weighted by Crippen LogP contribution is -2.55. The molecule has 1 unspecified atom stereocenters. The highest BCUT2D eigenvalue weighted by Gasteiger charge is 2.63. The minimum Gasteiger partial charge on any atom is -0.445 e. The van der Waals surface area contributed by atoms with Crippen molar-refractivity contribution in [2.75, 3.05) is 13.1 Å². The van der Waals surface area contributed by atoms with Gasteiger partial charge < -0.3 is 19.7 Å². The number of nitrogens with zero attached hydrogens (tertiary/aromatic N) is 1. The van der Waals surface area contributed by atoms with Crippen LogP contribution >= 0.6 is 0 Å². The standard InChI is InChI=1S/C18H24N2O4/c1-17(2,3)24-15(21)19-14-9-18(14)11-20(12-18)16(22)23-10-13-7-5-4-6-8-13/h4-8,14H,9-12H2,1-3H3,(H,19,21). The van der Waals surface area contributed by atoms with E-state index in [0.29, 0.717) is 13.1 Å². The van der Waals surface area contributed by atoms with Gasteiger partial charge in [-0.15, -0.1) is 0 Å². The van der Waals surface area contributed by atoms with Crippen molar-refractivity contribution < 1.29 is 19.1 Å². The quantitative estimate of drug-likeness (QED) is 0.924. The smallest absolute Gasteiger partial charge is 0.410 e. The van der Waals surface area contributed by atoms with Gasteiger partial charge in [-0.05, 0) is 32.8 Å². The topological polar surface area (TPSA) is 67.9 Å². The molecule has 1 spiro atoms. The highest BCUT2D eigenvalue weighted by Crippen LogP contribution is 2.53. The van der Waals surface area contributed by atoms with Gasteiger partial charge in [-0.25, -0.2) is 9.59 Å². The molecule has 1 aliphatic carbocycles. The van der Waals surface area contributed by atoms with Gasteiger partial charge in [0.25, 0.3) is 0 Å². The van der Waals surface area contributed by atoms with E-state index in [4.69, 9.17) is 9.47 Å². The van der Waals surface area contributed by atoms with Crippen molar-refractivity contribution in [2.45, 2.75) is 45.4 Å². The first-order valence-electron chi connectivity index (χ1n) is 8.23. The molecule has 130 valence electrons. The van der Waals surface area contributed by atoms with Crippen LogP contribution in [0.1, 0.15) is 32.8 Å². The fourth-order valence-corrected chi connectivity index (χ4v) is 3.00. The Bertz CT molecular complexity index is 618. The number of likely N-dealkylation sites (tertiary alicyclic amines) is 1. The molecule has 1 aromatic rings. The maximum Gasteiger partial charge on any atom is 0.410 e. The molecule has 3 rings (SSSR count). The summed E-state index contributed by atoms with van der Waals surface area (Å²) in [6, 6.07) is 9.69. The van der Waals surface area contributed by atoms with E-state index >= 15 is 0 Å². The Morgan fingerprint density at radius 1 is 1.25 bits per heavy atom. The van der Waals surface area contributed by atoms with Gasteiger partial charge in [0.1, 0.15) is 12.2 Å². The first-order chi connectivity index (χ1) is 11.3. The lowest BCUT2D eigenvalue weighted by atomic mass is 9.96. The largest absolute Gasteiger partial charge is 0.445 e. The zero-order chi connectivity index (χ0) is 17.4. The summed E-state index contributed by atoms with van der Waals surface area (Å²) >= 11 is 0. The van der Waals surface area contributed by atoms with Gasteiger partial charge in [-0.1, -0.05) is 30.3 Å². The maximum atomic E-state index is 12.0. The lowest BCUT2D eigenvalue weighted by molar-refractivity contribution is 0.0330. The van der Waals surface area contributed by atoms with Crippen molar-refractivity contribution in [3.05, 3.63) is 35.9 Å². The third-order valence-electron chi connectivity index (χ3n) is 4.36. The van der Waals surface area contributed by atoms with Crippen LogP contribution in [0.2, 0.25) is 0 Å². The molecule has 2 aliphatic rings. The van der Waals surface area contributed by atoms with E-state index in [9.17, 15) is 9.59 Å². The molecule has 0 aromatic heterocycles. The van der Waals surface area contributed by atoms with Crippen molar-refractivity contribution in [3.8, 4) is 0 Å². The minimum atomic E-state index is -0.501. The molecule has 0 bridgehead atoms. The first kappa shape index (κ1) is 16.6. The normalized spacial score (nSPS) is 21.0. The second-order valence-corrected chi connectivity index (χ2v) is 7.66. The molecule has 1 atom stereocenters. The number of alkyl carbamates (subject to hydrolysis) is 1. The van der Waals surface area contributed by atoms with E-state index in [1.807, 2.05) is 51.1 Å². The molecule has 1 aliphatic heterocycles. The summed E-state index contributed by atoms with van der Waals surface area (Å²) in [5.41, 5.74) is 0.485. The van der Waals surface area contributed by atoms with E-state index in [1.54, 1.807) is 4.90 Å². The zero-order valence-corrected chi connectivity index (χ0v) is 14.4. The Morgan fingerprint density at radius 3 is 2.54 bits per heavy atom. The van der Waals surface area contributed by atoms with Crippen molar-refractivity contribution in [1.29, 1.82) is 0 Å². The van der Waals surface area contributed by atoms with Crippen LogP contribution < -0.4 is 5.32 Å². The number of hydrogen-bond acceptors (Lipinski definition) is 4. The minimum absolute atomic E-state index is 0.0165. The predicted molar refractivity (Wildman–Crippen MR) is 88.4 cm³/mol. The fraction of sp³-hybridized carbons (Fsp3) is 0.556. The monoisotopic (exact) mass is 332 g/mol. The summed E-state index contributed by atoms with van der Waals surface area (Å²) in [4.78, 5) is 25.5. The third kappa shape index (κ3) is 3.80. The molecular weight excluding hydrogens is 308 g/mol. The van der Waals surface area contributed by atoms with Crippen molar-refractivity contribution >= 4 is 12.2 Å². The Labute approximate surface area is 142 Å². The van der Waals surface area contributed by atoms with Crippen molar-refractivity contribution in [2.24, 2.45) is 5.41 Å². The molecule has 2 amide bonds. The summed E-state index contributed by atoms with van der Waals surface area (Å²) in [6.07, 6.45) is 0.191. The average molecular weight is 332 g/mol. The van der Waals surface area contributed by atoms with Gasteiger partial charge in [-0.3, -0.25) is 0 Å². The second kappa shape index (κ2) is 6.00. The van der Waals surface area contributed by atoms with Crippen LogP contribution in [0, 0.1) is 5.41 Å². The highest BCUT2D eigenvalue weighted by molar-refractivity contribution is 5.71. The summed E-state index contributed by atoms with van der Waals surface area (Å²) in [6.45, 7) is 7.04. The zero-order valence-electron chi connectivity index (χ0n) is 14.4. The third-order valence-corrected chi connectivity index (χ3v) is 4.36. The number of amides is 2. The number of nitrogens with one attached hydrogen (secondary N) is 1. The summed E-state index contributed by atoms with van der Waals surface area (Å²) in [5, 5.41) is 2.88. The van der Waals surface area contributed by atoms with Gasteiger partial charge in [0.15, 0.2) is 0 Å². The number of rotatable bonds is 3. The molecule has 1 N–H and O–H groups in total. The average Bonchev–Trinajstić information content (AvgIpc) is 3.16. The van der Waals surface area contributed by atoms with Crippen molar-refractivity contribution in [1.82, 2.24) is 10.2 Å². The Hall–Kier alpha value is -2.24. The molecule has 1 saturated heterocycles. The molecule has 0 radical (unpaired) electrons. The van der Waals surface area contributed by atoms with E-state index in [2.05, 4.69) is 5.32 Å². The number of hydrogen-bond donors (Lipinski definition) is 1. The van der Waals surface area contributed by atoms with Gasteiger partial charge >= 0.3 is 12.2 Å². The predicted octanol–water partition coefficient (Wildman–Crippen LogP) is 2.92. The number of carbonyl (C=O) groups is 2. The number of carbonyl (C=O) groups excluding carboxylic acids is 2. The molecule has 6 nitrogen and oxygen atoms in total. The summed E-state index contributed by atoms with van der Waals surface area (Å²) < 4.78 is 10.6. The molecule has 24 heavy (non-hydrogen) atoms. The van der Waals surface area contributed by atoms with E-state index in [1.165, 1.54) is 0 Å². The fourth-order valence-electron chi connectivity index (χ4n) is 3.00. The van der Waals surface area contributed by atoms with Crippen LogP contribution in [0.15, 0.2) is 30.3 Å². The first-order valence-corrected chi connectivity index (χ1v) is 8.23. The SMILES string of the molecule is CC(C)(C)OC(=O)NC1CC12CN(C(=O)OCc1ccccc1)C2. The lowest BCUT2D eigenvalue weighted by Gasteiger charge is -2.39. The van der Waals surface area contributed by atoms with Crippen LogP contribution in [0.4, 0.5) is 9.59 Å². The summed E-state index contributed by atoms with van der Waals surface area (Å²) in [7, 11) is 0. The van der Waals surface area contributed by atoms with Crippen LogP contribution in [-0.2, 0) is 16.1 Å². The molecule has 6 heteroatoms. The second-order valence-electron chi connectivity index (χ2n) is 7.66. The Balaban J connectivity index is 1.38. The molecule has 2 fully saturated rings. The van der Waals surface area contributed by atoms with Gasteiger partial charge in [0, 0.05) is 24.5 Å². The number of benzene rings is 1. The highest BCUT2D eigenvalue weighted by atomic mass is 16.6. The van der Waals surface area contributed by atoms with E-state index in [0.717, 1.165) is 12.0 Å². The van der Waals surface area contributed by atoms with Gasteiger partial charge in [-0.2, -0.15) is 0 Å². The molecule has 1 saturated carbocycles. The maximum absolute atomic E-state index is 12.0. The Kier molecular flexibility index (Phi) is 4.15. The molecule has 1 aromatic carbocycles. The molecule has 1 heterocycles.